The van der Waals surface area contributed by atoms with Gasteiger partial charge in [0.2, 0.25) is 0 Å². The molecule has 0 amide bonds. The van der Waals surface area contributed by atoms with Crippen LogP contribution in [0.4, 0.5) is 0 Å². The predicted octanol–water partition coefficient (Wildman–Crippen LogP) is 1.85. The summed E-state index contributed by atoms with van der Waals surface area (Å²) in [6.07, 6.45) is 7.76. The maximum Gasteiger partial charge on any atom is 0.145 e. The van der Waals surface area contributed by atoms with Gasteiger partial charge in [0.05, 0.1) is 6.04 Å². The van der Waals surface area contributed by atoms with Crippen LogP contribution in [0, 0.1) is 12.8 Å². The lowest BCUT2D eigenvalue weighted by Gasteiger charge is -2.32. The third-order valence-electron chi connectivity index (χ3n) is 3.01. The third kappa shape index (κ3) is 1.77. The van der Waals surface area contributed by atoms with Crippen molar-refractivity contribution in [1.29, 1.82) is 0 Å². The minimum absolute atomic E-state index is 0.351. The van der Waals surface area contributed by atoms with E-state index in [1.807, 2.05) is 26.4 Å². The minimum atomic E-state index is 0.351. The Hall–Kier alpha value is -0.960. The van der Waals surface area contributed by atoms with Crippen molar-refractivity contribution in [1.82, 2.24) is 15.3 Å². The van der Waals surface area contributed by atoms with Gasteiger partial charge < -0.3 is 5.32 Å². The maximum absolute atomic E-state index is 4.38. The van der Waals surface area contributed by atoms with E-state index in [0.717, 1.165) is 17.3 Å². The van der Waals surface area contributed by atoms with Crippen molar-refractivity contribution in [3.8, 4) is 0 Å². The molecule has 0 saturated heterocycles. The molecule has 3 heteroatoms. The molecule has 1 atom stereocenters. The van der Waals surface area contributed by atoms with E-state index < -0.39 is 0 Å². The van der Waals surface area contributed by atoms with E-state index in [4.69, 9.17) is 0 Å². The highest BCUT2D eigenvalue weighted by Gasteiger charge is 2.28. The number of hydrogen-bond donors (Lipinski definition) is 1. The first-order chi connectivity index (χ1) is 6.81. The Morgan fingerprint density at radius 1 is 1.36 bits per heavy atom. The fraction of sp³-hybridized carbons (Fsp3) is 0.636. The molecular formula is C11H17N3. The van der Waals surface area contributed by atoms with Crippen LogP contribution in [-0.4, -0.2) is 17.0 Å². The quantitative estimate of drug-likeness (QED) is 0.792. The van der Waals surface area contributed by atoms with Gasteiger partial charge in [-0.1, -0.05) is 6.42 Å². The van der Waals surface area contributed by atoms with Gasteiger partial charge >= 0.3 is 0 Å². The maximum atomic E-state index is 4.38. The van der Waals surface area contributed by atoms with Crippen LogP contribution in [0.25, 0.3) is 0 Å². The summed E-state index contributed by atoms with van der Waals surface area (Å²) >= 11 is 0. The third-order valence-corrected chi connectivity index (χ3v) is 3.01. The van der Waals surface area contributed by atoms with Crippen molar-refractivity contribution in [3.63, 3.8) is 0 Å². The summed E-state index contributed by atoms with van der Waals surface area (Å²) in [4.78, 5) is 8.76. The summed E-state index contributed by atoms with van der Waals surface area (Å²) in [6, 6.07) is 0.351. The van der Waals surface area contributed by atoms with E-state index in [1.54, 1.807) is 0 Å². The zero-order chi connectivity index (χ0) is 9.97. The Balaban J connectivity index is 2.14. The van der Waals surface area contributed by atoms with E-state index in [9.17, 15) is 0 Å². The van der Waals surface area contributed by atoms with E-state index in [1.165, 1.54) is 19.3 Å². The molecule has 2 rings (SSSR count). The molecule has 0 radical (unpaired) electrons. The van der Waals surface area contributed by atoms with Crippen molar-refractivity contribution in [3.05, 3.63) is 23.8 Å². The van der Waals surface area contributed by atoms with Crippen molar-refractivity contribution >= 4 is 0 Å². The Morgan fingerprint density at radius 3 is 2.43 bits per heavy atom. The molecule has 0 aliphatic heterocycles. The SMILES string of the molecule is CNC(c1ncc(C)cn1)C1CCC1. The zero-order valence-electron chi connectivity index (χ0n) is 8.83. The summed E-state index contributed by atoms with van der Waals surface area (Å²) in [5, 5.41) is 3.31. The first-order valence-corrected chi connectivity index (χ1v) is 5.27. The molecule has 1 fully saturated rings. The van der Waals surface area contributed by atoms with E-state index in [2.05, 4.69) is 15.3 Å². The highest BCUT2D eigenvalue weighted by Crippen LogP contribution is 2.36. The second-order valence-electron chi connectivity index (χ2n) is 4.08. The van der Waals surface area contributed by atoms with Crippen LogP contribution in [0.5, 0.6) is 0 Å². The highest BCUT2D eigenvalue weighted by atomic mass is 15.0. The first kappa shape index (κ1) is 9.59. The Labute approximate surface area is 85.0 Å². The number of rotatable bonds is 3. The normalized spacial score (nSPS) is 19.0. The van der Waals surface area contributed by atoms with Crippen LogP contribution >= 0.6 is 0 Å². The minimum Gasteiger partial charge on any atom is -0.310 e. The van der Waals surface area contributed by atoms with Gasteiger partial charge in [-0.2, -0.15) is 0 Å². The summed E-state index contributed by atoms with van der Waals surface area (Å²) in [5.41, 5.74) is 1.12. The standard InChI is InChI=1S/C11H17N3/c1-8-6-13-11(14-7-8)10(12-2)9-4-3-5-9/h6-7,9-10,12H,3-5H2,1-2H3. The number of aromatic nitrogens is 2. The highest BCUT2D eigenvalue weighted by molar-refractivity contribution is 5.06. The van der Waals surface area contributed by atoms with Crippen LogP contribution in [0.2, 0.25) is 0 Å². The van der Waals surface area contributed by atoms with E-state index in [0.29, 0.717) is 6.04 Å². The lowest BCUT2D eigenvalue weighted by molar-refractivity contribution is 0.232. The fourth-order valence-corrected chi connectivity index (χ4v) is 1.91. The average Bonchev–Trinajstić information content (AvgIpc) is 2.13. The van der Waals surface area contributed by atoms with Gasteiger partial charge in [-0.15, -0.1) is 0 Å². The molecule has 76 valence electrons. The smallest absolute Gasteiger partial charge is 0.145 e. The van der Waals surface area contributed by atoms with E-state index in [-0.39, 0.29) is 0 Å². The van der Waals surface area contributed by atoms with Gasteiger partial charge in [0.15, 0.2) is 0 Å². The van der Waals surface area contributed by atoms with Crippen LogP contribution in [0.15, 0.2) is 12.4 Å². The summed E-state index contributed by atoms with van der Waals surface area (Å²) in [7, 11) is 1.99. The zero-order valence-corrected chi connectivity index (χ0v) is 8.83. The molecule has 1 aliphatic rings. The van der Waals surface area contributed by atoms with Crippen molar-refractivity contribution in [2.75, 3.05) is 7.05 Å². The molecular weight excluding hydrogens is 174 g/mol. The Bertz CT molecular complexity index is 290. The molecule has 1 saturated carbocycles. The van der Waals surface area contributed by atoms with Gasteiger partial charge in [-0.3, -0.25) is 0 Å². The summed E-state index contributed by atoms with van der Waals surface area (Å²) < 4.78 is 0. The second-order valence-corrected chi connectivity index (χ2v) is 4.08. The Kier molecular flexibility index (Phi) is 2.77. The van der Waals surface area contributed by atoms with E-state index >= 15 is 0 Å². The Morgan fingerprint density at radius 2 is 2.00 bits per heavy atom. The van der Waals surface area contributed by atoms with Crippen LogP contribution in [0.3, 0.4) is 0 Å². The lowest BCUT2D eigenvalue weighted by atomic mass is 9.79. The molecule has 1 aliphatic carbocycles. The molecule has 0 spiro atoms. The number of nitrogens with zero attached hydrogens (tertiary/aromatic N) is 2. The van der Waals surface area contributed by atoms with Crippen molar-refractivity contribution in [2.45, 2.75) is 32.2 Å². The lowest BCUT2D eigenvalue weighted by Crippen LogP contribution is -2.31. The monoisotopic (exact) mass is 191 g/mol. The number of hydrogen-bond acceptors (Lipinski definition) is 3. The molecule has 1 N–H and O–H groups in total. The van der Waals surface area contributed by atoms with Crippen molar-refractivity contribution in [2.24, 2.45) is 5.92 Å². The van der Waals surface area contributed by atoms with Gasteiger partial charge in [0.1, 0.15) is 5.82 Å². The second kappa shape index (κ2) is 4.05. The van der Waals surface area contributed by atoms with Gasteiger partial charge in [-0.05, 0) is 38.3 Å². The topological polar surface area (TPSA) is 37.8 Å². The number of aryl methyl sites for hydroxylation is 1. The summed E-state index contributed by atoms with van der Waals surface area (Å²) in [6.45, 7) is 2.02. The van der Waals surface area contributed by atoms with Gasteiger partial charge in [0.25, 0.3) is 0 Å². The summed E-state index contributed by atoms with van der Waals surface area (Å²) in [5.74, 6) is 1.69. The van der Waals surface area contributed by atoms with Crippen LogP contribution < -0.4 is 5.32 Å². The van der Waals surface area contributed by atoms with Gasteiger partial charge in [0, 0.05) is 12.4 Å². The average molecular weight is 191 g/mol. The molecule has 0 bridgehead atoms. The molecule has 1 unspecified atom stereocenters. The van der Waals surface area contributed by atoms with Crippen LogP contribution in [-0.2, 0) is 0 Å². The first-order valence-electron chi connectivity index (χ1n) is 5.27. The predicted molar refractivity (Wildman–Crippen MR) is 55.9 cm³/mol. The molecule has 14 heavy (non-hydrogen) atoms. The molecule has 0 aromatic carbocycles. The van der Waals surface area contributed by atoms with Crippen LogP contribution in [0.1, 0.15) is 36.7 Å². The largest absolute Gasteiger partial charge is 0.310 e. The molecule has 1 heterocycles. The van der Waals surface area contributed by atoms with Crippen molar-refractivity contribution < 1.29 is 0 Å². The fourth-order valence-electron chi connectivity index (χ4n) is 1.91. The van der Waals surface area contributed by atoms with Gasteiger partial charge in [-0.25, -0.2) is 9.97 Å². The molecule has 1 aromatic rings. The number of nitrogens with one attached hydrogen (secondary N) is 1. The molecule has 3 nitrogen and oxygen atoms in total. The molecule has 1 aromatic heterocycles.